The average molecular weight is 681 g/mol. The smallest absolute Gasteiger partial charge is 0.136 e. The van der Waals surface area contributed by atoms with E-state index in [9.17, 15) is 0 Å². The lowest BCUT2D eigenvalue weighted by molar-refractivity contribution is 0.669. The van der Waals surface area contributed by atoms with E-state index in [2.05, 4.69) is 179 Å². The molecule has 0 atom stereocenters. The van der Waals surface area contributed by atoms with Crippen molar-refractivity contribution in [2.75, 3.05) is 0 Å². The fourth-order valence-corrected chi connectivity index (χ4v) is 9.85. The minimum atomic E-state index is 0.887. The van der Waals surface area contributed by atoms with Crippen LogP contribution in [0.2, 0.25) is 0 Å². The van der Waals surface area contributed by atoms with Crippen molar-refractivity contribution in [3.8, 4) is 22.5 Å². The van der Waals surface area contributed by atoms with Crippen molar-refractivity contribution < 1.29 is 4.42 Å². The van der Waals surface area contributed by atoms with E-state index < -0.39 is 0 Å². The minimum Gasteiger partial charge on any atom is -0.456 e. The second-order valence-corrected chi connectivity index (χ2v) is 14.8. The number of nitrogens with zero attached hydrogens (tertiary/aromatic N) is 2. The fraction of sp³-hybridized carbons (Fsp3) is 0. The Kier molecular flexibility index (Phi) is 5.65. The van der Waals surface area contributed by atoms with Crippen LogP contribution in [0.15, 0.2) is 174 Å². The molecule has 12 aromatic rings. The first-order chi connectivity index (χ1) is 25.8. The zero-order valence-electron chi connectivity index (χ0n) is 27.9. The number of hydrogen-bond donors (Lipinski definition) is 0. The Hall–Kier alpha value is -6.62. The number of hydrogen-bond acceptors (Lipinski definition) is 2. The molecule has 0 radical (unpaired) electrons. The van der Waals surface area contributed by atoms with E-state index in [1.165, 1.54) is 74.9 Å². The van der Waals surface area contributed by atoms with E-state index in [4.69, 9.17) is 4.42 Å². The summed E-state index contributed by atoms with van der Waals surface area (Å²) in [6.07, 6.45) is 0. The van der Waals surface area contributed by atoms with Crippen molar-refractivity contribution in [3.05, 3.63) is 170 Å². The summed E-state index contributed by atoms with van der Waals surface area (Å²) in [6.45, 7) is 0. The van der Waals surface area contributed by atoms with Crippen molar-refractivity contribution >= 4 is 97.1 Å². The van der Waals surface area contributed by atoms with Crippen LogP contribution in [0.4, 0.5) is 0 Å². The second-order valence-electron chi connectivity index (χ2n) is 13.7. The van der Waals surface area contributed by atoms with Crippen LogP contribution < -0.4 is 0 Å². The van der Waals surface area contributed by atoms with Crippen LogP contribution in [0.25, 0.3) is 108 Å². The highest BCUT2D eigenvalue weighted by Crippen LogP contribution is 2.44. The molecule has 4 heteroatoms. The first-order valence-corrected chi connectivity index (χ1v) is 18.5. The molecule has 0 N–H and O–H groups in total. The lowest BCUT2D eigenvalue weighted by Gasteiger charge is -2.13. The van der Waals surface area contributed by atoms with Gasteiger partial charge in [0.1, 0.15) is 11.2 Å². The van der Waals surface area contributed by atoms with Crippen molar-refractivity contribution in [3.63, 3.8) is 0 Å². The molecule has 0 unspecified atom stereocenters. The van der Waals surface area contributed by atoms with Gasteiger partial charge in [-0.05, 0) is 71.8 Å². The maximum absolute atomic E-state index is 6.57. The molecule has 0 aliphatic heterocycles. The summed E-state index contributed by atoms with van der Waals surface area (Å²) in [5, 5.41) is 9.83. The summed E-state index contributed by atoms with van der Waals surface area (Å²) in [7, 11) is 0. The lowest BCUT2D eigenvalue weighted by Crippen LogP contribution is -1.98. The third kappa shape index (κ3) is 3.79. The lowest BCUT2D eigenvalue weighted by atomic mass is 9.98. The first kappa shape index (κ1) is 28.1. The van der Waals surface area contributed by atoms with E-state index in [1.807, 2.05) is 11.3 Å². The molecule has 8 aromatic carbocycles. The molecule has 0 spiro atoms. The van der Waals surface area contributed by atoms with Gasteiger partial charge in [-0.1, -0.05) is 109 Å². The van der Waals surface area contributed by atoms with Crippen molar-refractivity contribution in [2.45, 2.75) is 0 Å². The summed E-state index contributed by atoms with van der Waals surface area (Å²) in [4.78, 5) is 0. The molecule has 0 aliphatic rings. The maximum atomic E-state index is 6.57. The van der Waals surface area contributed by atoms with Gasteiger partial charge in [0, 0.05) is 63.9 Å². The normalized spacial score (nSPS) is 12.2. The fourth-order valence-electron chi connectivity index (χ4n) is 8.70. The second kappa shape index (κ2) is 10.5. The standard InChI is InChI=1S/C48H28N2OS/c1-2-11-30(12-3-1)49-40-17-7-4-13-33(40)37-24-25-38-34-14-5-8-18-41(34)50(48(38)47(37)49)31-22-26-42-39(28-31)46-32(16-10-19-43(46)51-42)29-21-23-36-35-15-6-9-20-44(35)52-45(36)27-29/h1-28H. The van der Waals surface area contributed by atoms with Gasteiger partial charge in [-0.25, -0.2) is 0 Å². The van der Waals surface area contributed by atoms with Gasteiger partial charge >= 0.3 is 0 Å². The number of para-hydroxylation sites is 3. The quantitative estimate of drug-likeness (QED) is 0.182. The van der Waals surface area contributed by atoms with Gasteiger partial charge in [0.2, 0.25) is 0 Å². The molecule has 52 heavy (non-hydrogen) atoms. The SMILES string of the molecule is c1ccc(-n2c3ccccc3c3ccc4c5ccccc5n(-c5ccc6oc7cccc(-c8ccc9c(c8)sc8ccccc89)c7c6c5)c4c32)cc1. The highest BCUT2D eigenvalue weighted by Gasteiger charge is 2.22. The van der Waals surface area contributed by atoms with Crippen molar-refractivity contribution in [1.29, 1.82) is 0 Å². The van der Waals surface area contributed by atoms with E-state index in [1.54, 1.807) is 0 Å². The van der Waals surface area contributed by atoms with E-state index in [0.29, 0.717) is 0 Å². The van der Waals surface area contributed by atoms with Crippen molar-refractivity contribution in [2.24, 2.45) is 0 Å². The Labute approximate surface area is 301 Å². The van der Waals surface area contributed by atoms with Gasteiger partial charge in [0.25, 0.3) is 0 Å². The van der Waals surface area contributed by atoms with Gasteiger partial charge in [0.15, 0.2) is 0 Å². The summed E-state index contributed by atoms with van der Waals surface area (Å²) in [5.41, 5.74) is 11.2. The largest absolute Gasteiger partial charge is 0.456 e. The number of fused-ring (bicyclic) bond motifs is 13. The monoisotopic (exact) mass is 680 g/mol. The van der Waals surface area contributed by atoms with Crippen LogP contribution in [0, 0.1) is 0 Å². The highest BCUT2D eigenvalue weighted by atomic mass is 32.1. The van der Waals surface area contributed by atoms with E-state index in [-0.39, 0.29) is 0 Å². The topological polar surface area (TPSA) is 23.0 Å². The van der Waals surface area contributed by atoms with Gasteiger partial charge < -0.3 is 13.6 Å². The number of aromatic nitrogens is 2. The predicted molar refractivity (Wildman–Crippen MR) is 221 cm³/mol. The molecule has 0 aliphatic carbocycles. The van der Waals surface area contributed by atoms with Gasteiger partial charge in [-0.15, -0.1) is 11.3 Å². The Morgan fingerprint density at radius 1 is 0.385 bits per heavy atom. The van der Waals surface area contributed by atoms with Gasteiger partial charge in [-0.3, -0.25) is 0 Å². The summed E-state index contributed by atoms with van der Waals surface area (Å²) in [5.74, 6) is 0. The summed E-state index contributed by atoms with van der Waals surface area (Å²) < 4.78 is 14.1. The van der Waals surface area contributed by atoms with Crippen LogP contribution in [0.1, 0.15) is 0 Å². The average Bonchev–Trinajstić information content (AvgIpc) is 3.95. The van der Waals surface area contributed by atoms with Crippen LogP contribution in [-0.4, -0.2) is 9.13 Å². The van der Waals surface area contributed by atoms with E-state index in [0.717, 1.165) is 33.3 Å². The number of thiophene rings is 1. The molecule has 4 heterocycles. The zero-order valence-corrected chi connectivity index (χ0v) is 28.7. The first-order valence-electron chi connectivity index (χ1n) is 17.7. The molecule has 3 nitrogen and oxygen atoms in total. The van der Waals surface area contributed by atoms with Crippen LogP contribution in [-0.2, 0) is 0 Å². The van der Waals surface area contributed by atoms with Crippen molar-refractivity contribution in [1.82, 2.24) is 9.13 Å². The van der Waals surface area contributed by atoms with Gasteiger partial charge in [0.05, 0.1) is 22.1 Å². The molecular weight excluding hydrogens is 653 g/mol. The zero-order chi connectivity index (χ0) is 33.9. The van der Waals surface area contributed by atoms with Crippen LogP contribution >= 0.6 is 11.3 Å². The Morgan fingerprint density at radius 3 is 1.79 bits per heavy atom. The van der Waals surface area contributed by atoms with Crippen LogP contribution in [0.5, 0.6) is 0 Å². The molecule has 0 bridgehead atoms. The maximum Gasteiger partial charge on any atom is 0.136 e. The van der Waals surface area contributed by atoms with E-state index >= 15 is 0 Å². The number of benzene rings is 8. The molecule has 4 aromatic heterocycles. The third-order valence-electron chi connectivity index (χ3n) is 10.9. The molecule has 0 fully saturated rings. The Morgan fingerprint density at radius 2 is 1.02 bits per heavy atom. The molecular formula is C48H28N2OS. The molecule has 0 amide bonds. The minimum absolute atomic E-state index is 0.887. The number of rotatable bonds is 3. The number of furan rings is 1. The summed E-state index contributed by atoms with van der Waals surface area (Å²) >= 11 is 1.86. The molecule has 12 rings (SSSR count). The van der Waals surface area contributed by atoms with Crippen LogP contribution in [0.3, 0.4) is 0 Å². The third-order valence-corrected chi connectivity index (χ3v) is 12.0. The predicted octanol–water partition coefficient (Wildman–Crippen LogP) is 13.8. The highest BCUT2D eigenvalue weighted by molar-refractivity contribution is 7.25. The Bertz CT molecular complexity index is 3410. The molecule has 242 valence electrons. The molecule has 0 saturated heterocycles. The molecule has 0 saturated carbocycles. The van der Waals surface area contributed by atoms with Gasteiger partial charge in [-0.2, -0.15) is 0 Å². The Balaban J connectivity index is 1.17. The summed E-state index contributed by atoms with van der Waals surface area (Å²) in [6, 6.07) is 61.7.